The molecule has 0 bridgehead atoms. The fourth-order valence-corrected chi connectivity index (χ4v) is 2.99. The van der Waals surface area contributed by atoms with Crippen molar-refractivity contribution in [2.75, 3.05) is 17.7 Å². The number of aromatic amines is 1. The number of carbonyl (C=O) groups is 1. The van der Waals surface area contributed by atoms with Crippen molar-refractivity contribution in [1.82, 2.24) is 15.2 Å². The van der Waals surface area contributed by atoms with Crippen LogP contribution in [-0.2, 0) is 9.53 Å². The molecule has 6 nitrogen and oxygen atoms in total. The molecule has 1 fully saturated rings. The van der Waals surface area contributed by atoms with Gasteiger partial charge < -0.3 is 10.1 Å². The van der Waals surface area contributed by atoms with Crippen molar-refractivity contribution in [2.24, 2.45) is 0 Å². The molecule has 1 aromatic carbocycles. The first-order chi connectivity index (χ1) is 10.7. The van der Waals surface area contributed by atoms with Crippen LogP contribution in [0.1, 0.15) is 24.8 Å². The molecule has 2 N–H and O–H groups in total. The normalized spacial score (nSPS) is 17.6. The number of rotatable bonds is 5. The summed E-state index contributed by atoms with van der Waals surface area (Å²) in [6.07, 6.45) is 2.02. The zero-order valence-corrected chi connectivity index (χ0v) is 14.1. The van der Waals surface area contributed by atoms with Crippen molar-refractivity contribution in [3.63, 3.8) is 0 Å². The number of anilines is 1. The maximum absolute atomic E-state index is 11.9. The Hall–Kier alpha value is -1.38. The maximum Gasteiger partial charge on any atom is 0.234 e. The average Bonchev–Trinajstić information content (AvgIpc) is 3.18. The summed E-state index contributed by atoms with van der Waals surface area (Å²) in [5.74, 6) is 0.919. The molecule has 1 aromatic heterocycles. The molecule has 0 saturated carbocycles. The van der Waals surface area contributed by atoms with Crippen molar-refractivity contribution in [3.05, 3.63) is 34.6 Å². The SMILES string of the molecule is O=C(CSc1n[nH]c(C2CCCO2)n1)Nc1ccc(Br)cc1. The highest BCUT2D eigenvalue weighted by atomic mass is 79.9. The van der Waals surface area contributed by atoms with Gasteiger partial charge in [-0.3, -0.25) is 9.89 Å². The Kier molecular flexibility index (Phi) is 5.12. The first kappa shape index (κ1) is 15.5. The van der Waals surface area contributed by atoms with Crippen LogP contribution in [0.4, 0.5) is 5.69 Å². The zero-order valence-electron chi connectivity index (χ0n) is 11.7. The Morgan fingerprint density at radius 3 is 3.00 bits per heavy atom. The Balaban J connectivity index is 1.49. The van der Waals surface area contributed by atoms with Gasteiger partial charge in [-0.2, -0.15) is 0 Å². The van der Waals surface area contributed by atoms with E-state index in [1.807, 2.05) is 24.3 Å². The van der Waals surface area contributed by atoms with Crippen LogP contribution in [0, 0.1) is 0 Å². The number of ether oxygens (including phenoxy) is 1. The molecule has 1 amide bonds. The van der Waals surface area contributed by atoms with Crippen LogP contribution in [0.2, 0.25) is 0 Å². The van der Waals surface area contributed by atoms with Gasteiger partial charge in [-0.15, -0.1) is 5.10 Å². The molecule has 22 heavy (non-hydrogen) atoms. The van der Waals surface area contributed by atoms with Crippen LogP contribution in [0.25, 0.3) is 0 Å². The summed E-state index contributed by atoms with van der Waals surface area (Å²) in [7, 11) is 0. The van der Waals surface area contributed by atoms with E-state index in [1.54, 1.807) is 0 Å². The molecular weight excluding hydrogens is 368 g/mol. The van der Waals surface area contributed by atoms with Crippen LogP contribution in [0.3, 0.4) is 0 Å². The van der Waals surface area contributed by atoms with Gasteiger partial charge in [-0.25, -0.2) is 4.98 Å². The number of benzene rings is 1. The third kappa shape index (κ3) is 4.08. The van der Waals surface area contributed by atoms with Gasteiger partial charge in [0, 0.05) is 16.8 Å². The van der Waals surface area contributed by atoms with E-state index in [0.717, 1.165) is 35.4 Å². The van der Waals surface area contributed by atoms with Gasteiger partial charge in [0.05, 0.1) is 5.75 Å². The molecule has 116 valence electrons. The van der Waals surface area contributed by atoms with Crippen molar-refractivity contribution in [1.29, 1.82) is 0 Å². The minimum atomic E-state index is -0.0872. The maximum atomic E-state index is 11.9. The number of H-pyrrole nitrogens is 1. The molecule has 1 saturated heterocycles. The smallest absolute Gasteiger partial charge is 0.234 e. The summed E-state index contributed by atoms with van der Waals surface area (Å²) in [6, 6.07) is 7.45. The third-order valence-corrected chi connectivity index (χ3v) is 4.55. The number of nitrogens with one attached hydrogen (secondary N) is 2. The van der Waals surface area contributed by atoms with E-state index in [4.69, 9.17) is 4.74 Å². The number of aromatic nitrogens is 3. The molecule has 1 unspecified atom stereocenters. The van der Waals surface area contributed by atoms with Crippen molar-refractivity contribution >= 4 is 39.3 Å². The molecule has 8 heteroatoms. The minimum Gasteiger partial charge on any atom is -0.370 e. The summed E-state index contributed by atoms with van der Waals surface area (Å²) >= 11 is 4.66. The first-order valence-corrected chi connectivity index (χ1v) is 8.71. The van der Waals surface area contributed by atoms with Gasteiger partial charge in [-0.1, -0.05) is 27.7 Å². The molecule has 0 aliphatic carbocycles. The van der Waals surface area contributed by atoms with Gasteiger partial charge in [-0.05, 0) is 37.1 Å². The fourth-order valence-electron chi connectivity index (χ4n) is 2.12. The van der Waals surface area contributed by atoms with Crippen LogP contribution in [-0.4, -0.2) is 33.4 Å². The lowest BCUT2D eigenvalue weighted by atomic mass is 10.2. The van der Waals surface area contributed by atoms with Gasteiger partial charge >= 0.3 is 0 Å². The van der Waals surface area contributed by atoms with E-state index in [-0.39, 0.29) is 17.8 Å². The average molecular weight is 383 g/mol. The van der Waals surface area contributed by atoms with E-state index in [2.05, 4.69) is 36.4 Å². The highest BCUT2D eigenvalue weighted by Crippen LogP contribution is 2.27. The van der Waals surface area contributed by atoms with E-state index in [1.165, 1.54) is 11.8 Å². The number of thioether (sulfide) groups is 1. The number of halogens is 1. The summed E-state index contributed by atoms with van der Waals surface area (Å²) in [6.45, 7) is 0.767. The van der Waals surface area contributed by atoms with Crippen LogP contribution in [0.15, 0.2) is 33.9 Å². The zero-order chi connectivity index (χ0) is 15.4. The van der Waals surface area contributed by atoms with Gasteiger partial charge in [0.1, 0.15) is 6.10 Å². The second kappa shape index (κ2) is 7.26. The highest BCUT2D eigenvalue weighted by Gasteiger charge is 2.21. The van der Waals surface area contributed by atoms with Crippen molar-refractivity contribution in [2.45, 2.75) is 24.1 Å². The van der Waals surface area contributed by atoms with Gasteiger partial charge in [0.25, 0.3) is 0 Å². The summed E-state index contributed by atoms with van der Waals surface area (Å²) in [4.78, 5) is 16.3. The molecule has 2 aromatic rings. The quantitative estimate of drug-likeness (QED) is 0.776. The van der Waals surface area contributed by atoms with Crippen LogP contribution < -0.4 is 5.32 Å². The largest absolute Gasteiger partial charge is 0.370 e. The van der Waals surface area contributed by atoms with Crippen molar-refractivity contribution < 1.29 is 9.53 Å². The predicted octanol–water partition coefficient (Wildman–Crippen LogP) is 3.15. The monoisotopic (exact) mass is 382 g/mol. The second-order valence-electron chi connectivity index (χ2n) is 4.85. The third-order valence-electron chi connectivity index (χ3n) is 3.18. The molecule has 1 aliphatic heterocycles. The van der Waals surface area contributed by atoms with Crippen LogP contribution in [0.5, 0.6) is 0 Å². The Bertz CT molecular complexity index is 641. The fraction of sp³-hybridized carbons (Fsp3) is 0.357. The topological polar surface area (TPSA) is 79.9 Å². The lowest BCUT2D eigenvalue weighted by Crippen LogP contribution is -2.14. The number of hydrogen-bond donors (Lipinski definition) is 2. The Morgan fingerprint density at radius 2 is 2.27 bits per heavy atom. The number of nitrogens with zero attached hydrogens (tertiary/aromatic N) is 2. The molecule has 0 spiro atoms. The lowest BCUT2D eigenvalue weighted by Gasteiger charge is -2.04. The number of hydrogen-bond acceptors (Lipinski definition) is 5. The Labute approximate surface area is 140 Å². The molecule has 1 aliphatic rings. The standard InChI is InChI=1S/C14H15BrN4O2S/c15-9-3-5-10(6-4-9)16-12(20)8-22-14-17-13(18-19-14)11-2-1-7-21-11/h3-6,11H,1-2,7-8H2,(H,16,20)(H,17,18,19). The number of carbonyl (C=O) groups excluding carboxylic acids is 1. The highest BCUT2D eigenvalue weighted by molar-refractivity contribution is 9.10. The number of amides is 1. The minimum absolute atomic E-state index is 0.0124. The lowest BCUT2D eigenvalue weighted by molar-refractivity contribution is -0.113. The summed E-state index contributed by atoms with van der Waals surface area (Å²) in [5, 5.41) is 10.4. The van der Waals surface area contributed by atoms with E-state index >= 15 is 0 Å². The molecule has 0 radical (unpaired) electrons. The first-order valence-electron chi connectivity index (χ1n) is 6.93. The van der Waals surface area contributed by atoms with E-state index in [9.17, 15) is 4.79 Å². The van der Waals surface area contributed by atoms with Gasteiger partial charge in [0.15, 0.2) is 5.82 Å². The summed E-state index contributed by atoms with van der Waals surface area (Å²) < 4.78 is 6.51. The van der Waals surface area contributed by atoms with Crippen molar-refractivity contribution in [3.8, 4) is 0 Å². The summed E-state index contributed by atoms with van der Waals surface area (Å²) in [5.41, 5.74) is 0.767. The van der Waals surface area contributed by atoms with E-state index in [0.29, 0.717) is 5.16 Å². The molecule has 1 atom stereocenters. The predicted molar refractivity (Wildman–Crippen MR) is 87.8 cm³/mol. The Morgan fingerprint density at radius 1 is 1.45 bits per heavy atom. The van der Waals surface area contributed by atoms with Gasteiger partial charge in [0.2, 0.25) is 11.1 Å². The molecule has 2 heterocycles. The molecular formula is C14H15BrN4O2S. The molecule has 3 rings (SSSR count). The van der Waals surface area contributed by atoms with E-state index < -0.39 is 0 Å². The second-order valence-corrected chi connectivity index (χ2v) is 6.71. The van der Waals surface area contributed by atoms with Crippen LogP contribution >= 0.6 is 27.7 Å².